The number of fused-ring (bicyclic) bond motifs is 1. The van der Waals surface area contributed by atoms with Gasteiger partial charge in [-0.25, -0.2) is 13.2 Å². The van der Waals surface area contributed by atoms with Crippen LogP contribution in [-0.4, -0.2) is 56.3 Å². The molecule has 2 amide bonds. The second kappa shape index (κ2) is 8.04. The van der Waals surface area contributed by atoms with E-state index in [0.717, 1.165) is 11.2 Å². The molecule has 0 aliphatic carbocycles. The van der Waals surface area contributed by atoms with Gasteiger partial charge in [-0.2, -0.15) is 0 Å². The van der Waals surface area contributed by atoms with Gasteiger partial charge in [0.25, 0.3) is 11.8 Å². The highest BCUT2D eigenvalue weighted by Crippen LogP contribution is 2.27. The maximum absolute atomic E-state index is 12.8. The highest BCUT2D eigenvalue weighted by atomic mass is 32.2. The van der Waals surface area contributed by atoms with Crippen molar-refractivity contribution in [1.29, 1.82) is 0 Å². The van der Waals surface area contributed by atoms with Crippen LogP contribution in [0, 0.1) is 0 Å². The summed E-state index contributed by atoms with van der Waals surface area (Å²) in [5, 5.41) is 0. The fourth-order valence-corrected chi connectivity index (χ4v) is 3.65. The number of carbonyl (C=O) groups is 3. The van der Waals surface area contributed by atoms with Crippen molar-refractivity contribution in [2.75, 3.05) is 19.1 Å². The summed E-state index contributed by atoms with van der Waals surface area (Å²) >= 11 is 0. The molecule has 3 rings (SSSR count). The number of rotatable bonds is 7. The molecule has 2 aromatic rings. The van der Waals surface area contributed by atoms with Crippen molar-refractivity contribution >= 4 is 27.6 Å². The molecule has 0 spiro atoms. The average Bonchev–Trinajstić information content (AvgIpc) is 2.93. The van der Waals surface area contributed by atoms with E-state index in [2.05, 4.69) is 0 Å². The summed E-state index contributed by atoms with van der Waals surface area (Å²) < 4.78 is 33.6. The summed E-state index contributed by atoms with van der Waals surface area (Å²) in [5.41, 5.74) is 0.332. The summed E-state index contributed by atoms with van der Waals surface area (Å²) in [5.74, 6) is -1.86. The van der Waals surface area contributed by atoms with Crippen LogP contribution in [0.15, 0.2) is 48.5 Å². The minimum atomic E-state index is -3.44. The number of hydrogen-bond donors (Lipinski definition) is 0. The number of methoxy groups -OCH3 is 1. The number of esters is 1. The van der Waals surface area contributed by atoms with Gasteiger partial charge < -0.3 is 9.47 Å². The Morgan fingerprint density at radius 3 is 1.97 bits per heavy atom. The standard InChI is InChI=1S/C20H19NO7S/c1-27-13-7-9-14(10-8-13)28-20(24)17(11-12-29(2,25)26)21-18(22)15-5-3-4-6-16(15)19(21)23/h3-10,17H,11-12H2,1-2H3/t17-/m1/s1. The van der Waals surface area contributed by atoms with Gasteiger partial charge in [0.2, 0.25) is 0 Å². The van der Waals surface area contributed by atoms with Crippen LogP contribution in [0.5, 0.6) is 11.5 Å². The van der Waals surface area contributed by atoms with Crippen molar-refractivity contribution in [2.45, 2.75) is 12.5 Å². The third-order valence-electron chi connectivity index (χ3n) is 4.45. The zero-order valence-electron chi connectivity index (χ0n) is 15.8. The van der Waals surface area contributed by atoms with E-state index in [1.807, 2.05) is 0 Å². The Kier molecular flexibility index (Phi) is 5.69. The Balaban J connectivity index is 1.89. The first-order valence-corrected chi connectivity index (χ1v) is 10.8. The lowest BCUT2D eigenvalue weighted by atomic mass is 10.1. The first-order valence-electron chi connectivity index (χ1n) is 8.71. The molecule has 0 saturated heterocycles. The lowest BCUT2D eigenvalue weighted by Gasteiger charge is -2.24. The largest absolute Gasteiger partial charge is 0.497 e. The van der Waals surface area contributed by atoms with Crippen LogP contribution in [0.2, 0.25) is 0 Å². The number of hydrogen-bond acceptors (Lipinski definition) is 7. The first-order chi connectivity index (χ1) is 13.7. The molecule has 9 heteroatoms. The van der Waals surface area contributed by atoms with Gasteiger partial charge in [0.15, 0.2) is 0 Å². The molecule has 0 fully saturated rings. The number of imide groups is 1. The number of ether oxygens (including phenoxy) is 2. The molecule has 1 heterocycles. The minimum Gasteiger partial charge on any atom is -0.497 e. The number of carbonyl (C=O) groups excluding carboxylic acids is 3. The summed E-state index contributed by atoms with van der Waals surface area (Å²) in [6.45, 7) is 0. The van der Waals surface area contributed by atoms with Crippen LogP contribution in [-0.2, 0) is 14.6 Å². The van der Waals surface area contributed by atoms with Gasteiger partial charge >= 0.3 is 5.97 Å². The van der Waals surface area contributed by atoms with E-state index >= 15 is 0 Å². The molecule has 0 unspecified atom stereocenters. The zero-order valence-corrected chi connectivity index (χ0v) is 16.6. The lowest BCUT2D eigenvalue weighted by molar-refractivity contribution is -0.138. The van der Waals surface area contributed by atoms with E-state index in [1.165, 1.54) is 31.4 Å². The van der Waals surface area contributed by atoms with E-state index < -0.39 is 33.7 Å². The van der Waals surface area contributed by atoms with Gasteiger partial charge in [0.1, 0.15) is 27.4 Å². The van der Waals surface area contributed by atoms with Crippen molar-refractivity contribution < 1.29 is 32.3 Å². The van der Waals surface area contributed by atoms with Gasteiger partial charge in [-0.3, -0.25) is 14.5 Å². The maximum atomic E-state index is 12.8. The van der Waals surface area contributed by atoms with E-state index in [1.54, 1.807) is 24.3 Å². The smallest absolute Gasteiger partial charge is 0.334 e. The van der Waals surface area contributed by atoms with Crippen molar-refractivity contribution in [2.24, 2.45) is 0 Å². The van der Waals surface area contributed by atoms with Crippen LogP contribution in [0.25, 0.3) is 0 Å². The molecule has 2 aromatic carbocycles. The predicted octanol–water partition coefficient (Wildman–Crippen LogP) is 1.70. The van der Waals surface area contributed by atoms with Crippen LogP contribution in [0.4, 0.5) is 0 Å². The molecule has 0 saturated carbocycles. The molecule has 0 bridgehead atoms. The predicted molar refractivity (Wildman–Crippen MR) is 104 cm³/mol. The fraction of sp³-hybridized carbons (Fsp3) is 0.250. The molecule has 0 aromatic heterocycles. The van der Waals surface area contributed by atoms with Crippen molar-refractivity contribution in [3.63, 3.8) is 0 Å². The van der Waals surface area contributed by atoms with Gasteiger partial charge in [-0.05, 0) is 42.8 Å². The SMILES string of the molecule is COc1ccc(OC(=O)[C@@H](CCS(C)(=O)=O)N2C(=O)c3ccccc3C2=O)cc1. The Hall–Kier alpha value is -3.20. The van der Waals surface area contributed by atoms with Gasteiger partial charge in [0, 0.05) is 6.26 Å². The molecular formula is C20H19NO7S. The molecule has 1 aliphatic heterocycles. The molecule has 152 valence electrons. The topological polar surface area (TPSA) is 107 Å². The quantitative estimate of drug-likeness (QED) is 0.383. The highest BCUT2D eigenvalue weighted by Gasteiger charge is 2.43. The summed E-state index contributed by atoms with van der Waals surface area (Å²) in [7, 11) is -1.95. The van der Waals surface area contributed by atoms with Gasteiger partial charge in [-0.15, -0.1) is 0 Å². The minimum absolute atomic E-state index is 0.166. The Morgan fingerprint density at radius 2 is 1.48 bits per heavy atom. The molecule has 8 nitrogen and oxygen atoms in total. The summed E-state index contributed by atoms with van der Waals surface area (Å²) in [4.78, 5) is 39.1. The van der Waals surface area contributed by atoms with Crippen LogP contribution < -0.4 is 9.47 Å². The summed E-state index contributed by atoms with van der Waals surface area (Å²) in [6.07, 6.45) is 0.751. The third-order valence-corrected chi connectivity index (χ3v) is 5.43. The third kappa shape index (κ3) is 4.45. The lowest BCUT2D eigenvalue weighted by Crippen LogP contribution is -2.47. The molecule has 0 N–H and O–H groups in total. The zero-order chi connectivity index (χ0) is 21.2. The molecule has 1 atom stereocenters. The normalized spacial score (nSPS) is 14.5. The van der Waals surface area contributed by atoms with E-state index in [4.69, 9.17) is 9.47 Å². The van der Waals surface area contributed by atoms with Gasteiger partial charge in [0.05, 0.1) is 24.0 Å². The molecule has 29 heavy (non-hydrogen) atoms. The van der Waals surface area contributed by atoms with Crippen LogP contribution >= 0.6 is 0 Å². The Morgan fingerprint density at radius 1 is 0.966 bits per heavy atom. The molecule has 0 radical (unpaired) electrons. The monoisotopic (exact) mass is 417 g/mol. The average molecular weight is 417 g/mol. The Labute approximate surface area is 167 Å². The van der Waals surface area contributed by atoms with Gasteiger partial charge in [-0.1, -0.05) is 12.1 Å². The number of sulfone groups is 1. The van der Waals surface area contributed by atoms with Crippen molar-refractivity contribution in [3.8, 4) is 11.5 Å². The molecule has 1 aliphatic rings. The second-order valence-corrected chi connectivity index (χ2v) is 8.82. The maximum Gasteiger partial charge on any atom is 0.334 e. The Bertz CT molecular complexity index is 1030. The first kappa shape index (κ1) is 20.5. The summed E-state index contributed by atoms with van der Waals surface area (Å²) in [6, 6.07) is 10.9. The van der Waals surface area contributed by atoms with Crippen molar-refractivity contribution in [1.82, 2.24) is 4.90 Å². The van der Waals surface area contributed by atoms with Crippen LogP contribution in [0.3, 0.4) is 0 Å². The van der Waals surface area contributed by atoms with E-state index in [9.17, 15) is 22.8 Å². The second-order valence-electron chi connectivity index (χ2n) is 6.56. The number of benzene rings is 2. The fourth-order valence-electron chi connectivity index (χ4n) is 3.00. The number of nitrogens with zero attached hydrogens (tertiary/aromatic N) is 1. The van der Waals surface area contributed by atoms with E-state index in [0.29, 0.717) is 5.75 Å². The van der Waals surface area contributed by atoms with Crippen LogP contribution in [0.1, 0.15) is 27.1 Å². The number of amides is 2. The molecular weight excluding hydrogens is 398 g/mol. The highest BCUT2D eigenvalue weighted by molar-refractivity contribution is 7.90. The van der Waals surface area contributed by atoms with Crippen molar-refractivity contribution in [3.05, 3.63) is 59.7 Å². The van der Waals surface area contributed by atoms with E-state index in [-0.39, 0.29) is 29.1 Å².